The summed E-state index contributed by atoms with van der Waals surface area (Å²) >= 11 is 6.07. The molecule has 0 aliphatic heterocycles. The fourth-order valence-corrected chi connectivity index (χ4v) is 4.05. The largest absolute Gasteiger partial charge is 0.390 e. The first-order valence-electron chi connectivity index (χ1n) is 8.52. The van der Waals surface area contributed by atoms with Crippen molar-refractivity contribution in [2.24, 2.45) is 0 Å². The fraction of sp³-hybridized carbons (Fsp3) is 0.684. The van der Waals surface area contributed by atoms with Gasteiger partial charge < -0.3 is 10.0 Å². The van der Waals surface area contributed by atoms with E-state index in [4.69, 9.17) is 11.6 Å². The van der Waals surface area contributed by atoms with Gasteiger partial charge in [0.2, 0.25) is 0 Å². The molecule has 0 aromatic heterocycles. The molecule has 0 radical (unpaired) electrons. The smallest absolute Gasteiger partial charge is 0.0657 e. The molecule has 0 heterocycles. The molecular weight excluding hydrogens is 294 g/mol. The maximum Gasteiger partial charge on any atom is 0.0657 e. The van der Waals surface area contributed by atoms with Crippen molar-refractivity contribution in [3.63, 3.8) is 0 Å². The maximum atomic E-state index is 10.9. The summed E-state index contributed by atoms with van der Waals surface area (Å²) in [5.41, 5.74) is 0.965. The van der Waals surface area contributed by atoms with E-state index in [1.165, 1.54) is 24.8 Å². The van der Waals surface area contributed by atoms with Crippen LogP contribution in [0.25, 0.3) is 0 Å². The second-order valence-electron chi connectivity index (χ2n) is 7.13. The van der Waals surface area contributed by atoms with Crippen molar-refractivity contribution >= 4 is 11.6 Å². The standard InChI is InChI=1S/C19H30ClNO/c1-5-18(22,6-2)14-17(21(3)4)19(12-7-13-19)15-8-10-16(20)11-9-15/h8-11,17,22H,5-7,12-14H2,1-4H3. The zero-order valence-electron chi connectivity index (χ0n) is 14.4. The lowest BCUT2D eigenvalue weighted by atomic mass is 9.58. The molecule has 1 aliphatic carbocycles. The first kappa shape index (κ1) is 17.8. The Morgan fingerprint density at radius 2 is 1.73 bits per heavy atom. The highest BCUT2D eigenvalue weighted by molar-refractivity contribution is 6.30. The summed E-state index contributed by atoms with van der Waals surface area (Å²) in [6.45, 7) is 4.18. The molecule has 1 aromatic rings. The first-order chi connectivity index (χ1) is 10.4. The Morgan fingerprint density at radius 1 is 1.18 bits per heavy atom. The van der Waals surface area contributed by atoms with E-state index in [-0.39, 0.29) is 5.41 Å². The van der Waals surface area contributed by atoms with Gasteiger partial charge in [-0.15, -0.1) is 0 Å². The fourth-order valence-electron chi connectivity index (χ4n) is 3.92. The molecule has 1 atom stereocenters. The van der Waals surface area contributed by atoms with Crippen molar-refractivity contribution in [2.45, 2.75) is 69.4 Å². The average Bonchev–Trinajstić information content (AvgIpc) is 2.46. The van der Waals surface area contributed by atoms with Crippen LogP contribution >= 0.6 is 11.6 Å². The number of nitrogens with zero attached hydrogens (tertiary/aromatic N) is 1. The topological polar surface area (TPSA) is 23.5 Å². The molecule has 0 spiro atoms. The van der Waals surface area contributed by atoms with Crippen LogP contribution in [0.4, 0.5) is 0 Å². The Balaban J connectivity index is 2.34. The predicted molar refractivity (Wildman–Crippen MR) is 94.6 cm³/mol. The summed E-state index contributed by atoms with van der Waals surface area (Å²) in [5, 5.41) is 11.7. The molecule has 1 saturated carbocycles. The number of rotatable bonds is 7. The number of hydrogen-bond acceptors (Lipinski definition) is 2. The van der Waals surface area contributed by atoms with Crippen molar-refractivity contribution < 1.29 is 5.11 Å². The van der Waals surface area contributed by atoms with E-state index in [1.807, 2.05) is 12.1 Å². The zero-order chi connectivity index (χ0) is 16.4. The lowest BCUT2D eigenvalue weighted by molar-refractivity contribution is -0.0271. The highest BCUT2D eigenvalue weighted by atomic mass is 35.5. The van der Waals surface area contributed by atoms with Crippen LogP contribution in [0.5, 0.6) is 0 Å². The number of aliphatic hydroxyl groups is 1. The second kappa shape index (κ2) is 6.90. The van der Waals surface area contributed by atoms with Gasteiger partial charge in [0.05, 0.1) is 5.60 Å². The summed E-state index contributed by atoms with van der Waals surface area (Å²) in [6, 6.07) is 8.70. The zero-order valence-corrected chi connectivity index (χ0v) is 15.2. The summed E-state index contributed by atoms with van der Waals surface area (Å²) < 4.78 is 0. The van der Waals surface area contributed by atoms with Crippen LogP contribution in [-0.2, 0) is 5.41 Å². The third kappa shape index (κ3) is 3.34. The van der Waals surface area contributed by atoms with Gasteiger partial charge in [-0.2, -0.15) is 0 Å². The Labute approximate surface area is 140 Å². The van der Waals surface area contributed by atoms with Crippen LogP contribution < -0.4 is 0 Å². The van der Waals surface area contributed by atoms with Gasteiger partial charge in [-0.3, -0.25) is 0 Å². The Hall–Kier alpha value is -0.570. The molecule has 2 nitrogen and oxygen atoms in total. The molecular formula is C19H30ClNO. The minimum absolute atomic E-state index is 0.159. The minimum Gasteiger partial charge on any atom is -0.390 e. The van der Waals surface area contributed by atoms with E-state index >= 15 is 0 Å². The number of halogens is 1. The maximum absolute atomic E-state index is 10.9. The number of likely N-dealkylation sites (N-methyl/N-ethyl adjacent to an activating group) is 1. The van der Waals surface area contributed by atoms with Crippen LogP contribution in [0.3, 0.4) is 0 Å². The summed E-state index contributed by atoms with van der Waals surface area (Å²) in [7, 11) is 4.29. The summed E-state index contributed by atoms with van der Waals surface area (Å²) in [6.07, 6.45) is 6.11. The van der Waals surface area contributed by atoms with E-state index in [1.54, 1.807) is 0 Å². The quantitative estimate of drug-likeness (QED) is 0.790. The van der Waals surface area contributed by atoms with Crippen LogP contribution in [0, 0.1) is 0 Å². The molecule has 0 amide bonds. The monoisotopic (exact) mass is 323 g/mol. The molecule has 0 bridgehead atoms. The van der Waals surface area contributed by atoms with Gasteiger partial charge in [0.1, 0.15) is 0 Å². The van der Waals surface area contributed by atoms with Gasteiger partial charge in [-0.05, 0) is 63.9 Å². The van der Waals surface area contributed by atoms with Gasteiger partial charge >= 0.3 is 0 Å². The van der Waals surface area contributed by atoms with Crippen LogP contribution in [-0.4, -0.2) is 35.7 Å². The molecule has 3 heteroatoms. The van der Waals surface area contributed by atoms with Crippen molar-refractivity contribution in [3.8, 4) is 0 Å². The molecule has 1 aromatic carbocycles. The van der Waals surface area contributed by atoms with E-state index in [0.29, 0.717) is 6.04 Å². The third-order valence-electron chi connectivity index (χ3n) is 5.82. The highest BCUT2D eigenvalue weighted by Crippen LogP contribution is 2.50. The Morgan fingerprint density at radius 3 is 2.09 bits per heavy atom. The molecule has 1 unspecified atom stereocenters. The first-order valence-corrected chi connectivity index (χ1v) is 8.89. The Kier molecular flexibility index (Phi) is 5.58. The molecule has 1 N–H and O–H groups in total. The molecule has 22 heavy (non-hydrogen) atoms. The van der Waals surface area contributed by atoms with Crippen LogP contribution in [0.2, 0.25) is 5.02 Å². The van der Waals surface area contributed by atoms with E-state index in [9.17, 15) is 5.11 Å². The van der Waals surface area contributed by atoms with Crippen molar-refractivity contribution in [1.82, 2.24) is 4.90 Å². The number of benzene rings is 1. The molecule has 124 valence electrons. The van der Waals surface area contributed by atoms with Gasteiger partial charge in [-0.25, -0.2) is 0 Å². The minimum atomic E-state index is -0.566. The van der Waals surface area contributed by atoms with E-state index in [0.717, 1.165) is 24.3 Å². The van der Waals surface area contributed by atoms with Crippen LogP contribution in [0.15, 0.2) is 24.3 Å². The second-order valence-corrected chi connectivity index (χ2v) is 7.57. The Bertz CT molecular complexity index is 475. The van der Waals surface area contributed by atoms with Gasteiger partial charge in [-0.1, -0.05) is 44.0 Å². The molecule has 1 fully saturated rings. The summed E-state index contributed by atoms with van der Waals surface area (Å²) in [4.78, 5) is 2.31. The van der Waals surface area contributed by atoms with E-state index < -0.39 is 5.60 Å². The van der Waals surface area contributed by atoms with Crippen molar-refractivity contribution in [3.05, 3.63) is 34.9 Å². The summed E-state index contributed by atoms with van der Waals surface area (Å²) in [5.74, 6) is 0. The molecule has 1 aliphatic rings. The number of hydrogen-bond donors (Lipinski definition) is 1. The highest BCUT2D eigenvalue weighted by Gasteiger charge is 2.48. The average molecular weight is 324 g/mol. The lowest BCUT2D eigenvalue weighted by Crippen LogP contribution is -2.55. The lowest BCUT2D eigenvalue weighted by Gasteiger charge is -2.52. The third-order valence-corrected chi connectivity index (χ3v) is 6.07. The van der Waals surface area contributed by atoms with Crippen molar-refractivity contribution in [1.29, 1.82) is 0 Å². The molecule has 0 saturated heterocycles. The van der Waals surface area contributed by atoms with Gasteiger partial charge in [0.25, 0.3) is 0 Å². The van der Waals surface area contributed by atoms with E-state index in [2.05, 4.69) is 45.0 Å². The van der Waals surface area contributed by atoms with Crippen LogP contribution in [0.1, 0.15) is 57.9 Å². The van der Waals surface area contributed by atoms with Crippen molar-refractivity contribution in [2.75, 3.05) is 14.1 Å². The normalized spacial score (nSPS) is 19.0. The van der Waals surface area contributed by atoms with Gasteiger partial charge in [0.15, 0.2) is 0 Å². The molecule has 2 rings (SSSR count). The SMILES string of the molecule is CCC(O)(CC)CC(N(C)C)C1(c2ccc(Cl)cc2)CCC1. The predicted octanol–water partition coefficient (Wildman–Crippen LogP) is 4.63. The van der Waals surface area contributed by atoms with Gasteiger partial charge in [0, 0.05) is 16.5 Å².